The number of nitrogens with zero attached hydrogens (tertiary/aromatic N) is 5. The van der Waals surface area contributed by atoms with Gasteiger partial charge in [0.2, 0.25) is 5.91 Å². The van der Waals surface area contributed by atoms with Crippen LogP contribution in [0.25, 0.3) is 0 Å². The summed E-state index contributed by atoms with van der Waals surface area (Å²) in [5.41, 5.74) is 4.65. The van der Waals surface area contributed by atoms with Crippen LogP contribution in [0, 0.1) is 13.8 Å². The van der Waals surface area contributed by atoms with Gasteiger partial charge in [-0.1, -0.05) is 35.0 Å². The van der Waals surface area contributed by atoms with Crippen LogP contribution in [0.4, 0.5) is 0 Å². The molecule has 33 heavy (non-hydrogen) atoms. The molecular weight excluding hydrogens is 458 g/mol. The molecule has 9 heteroatoms. The van der Waals surface area contributed by atoms with Crippen molar-refractivity contribution in [1.82, 2.24) is 19.7 Å². The Hall–Kier alpha value is -2.71. The molecule has 2 aliphatic rings. The summed E-state index contributed by atoms with van der Waals surface area (Å²) in [6.45, 7) is 5.72. The molecule has 4 heterocycles. The molecule has 2 aliphatic heterocycles. The third-order valence-corrected chi connectivity index (χ3v) is 7.68. The van der Waals surface area contributed by atoms with Crippen molar-refractivity contribution in [3.8, 4) is 0 Å². The number of oxime groups is 1. The fourth-order valence-electron chi connectivity index (χ4n) is 4.48. The summed E-state index contributed by atoms with van der Waals surface area (Å²) >= 11 is 7.98. The predicted octanol–water partition coefficient (Wildman–Crippen LogP) is 4.88. The molecule has 1 saturated heterocycles. The van der Waals surface area contributed by atoms with Crippen LogP contribution >= 0.6 is 22.9 Å². The summed E-state index contributed by atoms with van der Waals surface area (Å²) in [4.78, 5) is 25.2. The second-order valence-electron chi connectivity index (χ2n) is 8.67. The van der Waals surface area contributed by atoms with E-state index in [1.807, 2.05) is 49.1 Å². The van der Waals surface area contributed by atoms with Crippen molar-refractivity contribution in [2.75, 3.05) is 13.1 Å². The number of piperidine rings is 1. The van der Waals surface area contributed by atoms with Crippen LogP contribution in [0.15, 0.2) is 40.9 Å². The summed E-state index contributed by atoms with van der Waals surface area (Å²) < 4.78 is 1.79. The smallest absolute Gasteiger partial charge is 0.244 e. The van der Waals surface area contributed by atoms with Crippen LogP contribution in [0.3, 0.4) is 0 Å². The molecule has 7 nitrogen and oxygen atoms in total. The van der Waals surface area contributed by atoms with Gasteiger partial charge < -0.3 is 9.74 Å². The maximum Gasteiger partial charge on any atom is 0.244 e. The summed E-state index contributed by atoms with van der Waals surface area (Å²) in [7, 11) is 0. The van der Waals surface area contributed by atoms with E-state index in [-0.39, 0.29) is 12.0 Å². The van der Waals surface area contributed by atoms with Crippen LogP contribution in [-0.2, 0) is 16.2 Å². The second-order valence-corrected chi connectivity index (χ2v) is 9.97. The first-order valence-electron chi connectivity index (χ1n) is 11.2. The van der Waals surface area contributed by atoms with Gasteiger partial charge in [0.25, 0.3) is 0 Å². The van der Waals surface area contributed by atoms with Gasteiger partial charge in [-0.25, -0.2) is 4.98 Å². The van der Waals surface area contributed by atoms with Gasteiger partial charge in [0.05, 0.1) is 16.4 Å². The molecule has 1 fully saturated rings. The molecule has 5 rings (SSSR count). The van der Waals surface area contributed by atoms with Gasteiger partial charge in [0, 0.05) is 47.1 Å². The zero-order valence-corrected chi connectivity index (χ0v) is 20.3. The minimum absolute atomic E-state index is 0.127. The molecule has 3 aromatic rings. The number of rotatable bonds is 5. The van der Waals surface area contributed by atoms with Crippen LogP contribution < -0.4 is 0 Å². The Bertz CT molecular complexity index is 1200. The maximum atomic E-state index is 12.7. The quantitative estimate of drug-likeness (QED) is 0.518. The first kappa shape index (κ1) is 22.1. The van der Waals surface area contributed by atoms with E-state index >= 15 is 0 Å². The molecule has 0 N–H and O–H groups in total. The maximum absolute atomic E-state index is 12.7. The zero-order chi connectivity index (χ0) is 22.9. The van der Waals surface area contributed by atoms with E-state index in [2.05, 4.69) is 15.6 Å². The van der Waals surface area contributed by atoms with Gasteiger partial charge in [0.1, 0.15) is 12.3 Å². The molecular formula is C24H26ClN5O2S. The van der Waals surface area contributed by atoms with Crippen molar-refractivity contribution < 1.29 is 9.63 Å². The highest BCUT2D eigenvalue weighted by Crippen LogP contribution is 2.35. The van der Waals surface area contributed by atoms with Gasteiger partial charge in [-0.3, -0.25) is 9.48 Å². The molecule has 0 bridgehead atoms. The van der Waals surface area contributed by atoms with E-state index in [9.17, 15) is 4.79 Å². The molecule has 1 aromatic carbocycles. The lowest BCUT2D eigenvalue weighted by Crippen LogP contribution is -2.40. The Morgan fingerprint density at radius 3 is 2.76 bits per heavy atom. The summed E-state index contributed by atoms with van der Waals surface area (Å²) in [5, 5.41) is 12.6. The highest BCUT2D eigenvalue weighted by molar-refractivity contribution is 7.10. The van der Waals surface area contributed by atoms with E-state index < -0.39 is 0 Å². The number of halogens is 1. The van der Waals surface area contributed by atoms with Gasteiger partial charge in [0.15, 0.2) is 6.10 Å². The van der Waals surface area contributed by atoms with Gasteiger partial charge in [-0.2, -0.15) is 5.10 Å². The molecule has 0 aliphatic carbocycles. The molecule has 0 saturated carbocycles. The lowest BCUT2D eigenvalue weighted by Gasteiger charge is -2.31. The largest absolute Gasteiger partial charge is 0.387 e. The highest BCUT2D eigenvalue weighted by atomic mass is 35.5. The summed E-state index contributed by atoms with van der Waals surface area (Å²) in [6, 6.07) is 9.71. The van der Waals surface area contributed by atoms with E-state index in [0.717, 1.165) is 59.3 Å². The number of hydrogen-bond acceptors (Lipinski definition) is 6. The van der Waals surface area contributed by atoms with Crippen LogP contribution in [0.1, 0.15) is 58.9 Å². The third-order valence-electron chi connectivity index (χ3n) is 6.32. The van der Waals surface area contributed by atoms with E-state index in [1.54, 1.807) is 16.0 Å². The predicted molar refractivity (Wildman–Crippen MR) is 129 cm³/mol. The number of likely N-dealkylation sites (tertiary alicyclic amines) is 1. The Kier molecular flexibility index (Phi) is 6.21. The van der Waals surface area contributed by atoms with E-state index in [1.165, 1.54) is 0 Å². The molecule has 172 valence electrons. The van der Waals surface area contributed by atoms with Gasteiger partial charge in [-0.05, 0) is 38.8 Å². The van der Waals surface area contributed by atoms with Crippen molar-refractivity contribution in [3.63, 3.8) is 0 Å². The lowest BCUT2D eigenvalue weighted by molar-refractivity contribution is -0.133. The Morgan fingerprint density at radius 1 is 1.24 bits per heavy atom. The molecule has 1 unspecified atom stereocenters. The van der Waals surface area contributed by atoms with Crippen LogP contribution in [-0.4, -0.2) is 44.4 Å². The van der Waals surface area contributed by atoms with Gasteiger partial charge >= 0.3 is 0 Å². The minimum atomic E-state index is -0.171. The molecule has 0 radical (unpaired) electrons. The molecule has 1 atom stereocenters. The topological polar surface area (TPSA) is 72.6 Å². The number of thiazole rings is 1. The van der Waals surface area contributed by atoms with Gasteiger partial charge in [-0.15, -0.1) is 11.3 Å². The fourth-order valence-corrected chi connectivity index (χ4v) is 5.74. The number of aryl methyl sites for hydroxylation is 2. The minimum Gasteiger partial charge on any atom is -0.387 e. The van der Waals surface area contributed by atoms with Crippen molar-refractivity contribution in [3.05, 3.63) is 68.4 Å². The number of benzene rings is 1. The number of hydrogen-bond donors (Lipinski definition) is 0. The van der Waals surface area contributed by atoms with Crippen LogP contribution in [0.2, 0.25) is 5.02 Å². The summed E-state index contributed by atoms with van der Waals surface area (Å²) in [5.74, 6) is 0.492. The third kappa shape index (κ3) is 4.68. The van der Waals surface area contributed by atoms with Crippen LogP contribution in [0.5, 0.6) is 0 Å². The number of carbonyl (C=O) groups excluding carboxylic acids is 1. The van der Waals surface area contributed by atoms with E-state index in [0.29, 0.717) is 23.9 Å². The van der Waals surface area contributed by atoms with E-state index in [4.69, 9.17) is 21.4 Å². The number of aromatic nitrogens is 3. The number of amides is 1. The molecule has 1 amide bonds. The molecule has 2 aromatic heterocycles. The first-order chi connectivity index (χ1) is 16.0. The Labute approximate surface area is 202 Å². The second kappa shape index (κ2) is 9.27. The summed E-state index contributed by atoms with van der Waals surface area (Å²) in [6.07, 6.45) is 2.32. The SMILES string of the molecule is Cc1cc(C)n(CC(=O)N2CCC(c3nc(C4=NOC(c5ccccc5Cl)C4)cs3)CC2)n1. The standard InChI is InChI=1S/C24H26ClN5O2S/c1-15-11-16(2)30(27-15)13-23(31)29-9-7-17(8-10-29)24-26-21(14-33-24)20-12-22(32-28-20)18-5-3-4-6-19(18)25/h3-6,11,14,17,22H,7-10,12-13H2,1-2H3. The normalized spacial score (nSPS) is 18.9. The number of carbonyl (C=O) groups is 1. The van der Waals surface area contributed by atoms with Crippen molar-refractivity contribution in [1.29, 1.82) is 0 Å². The highest BCUT2D eigenvalue weighted by Gasteiger charge is 2.29. The average Bonchev–Trinajstić information content (AvgIpc) is 3.54. The Balaban J connectivity index is 1.17. The zero-order valence-electron chi connectivity index (χ0n) is 18.7. The Morgan fingerprint density at radius 2 is 2.03 bits per heavy atom. The van der Waals surface area contributed by atoms with Crippen molar-refractivity contribution in [2.45, 2.75) is 51.7 Å². The lowest BCUT2D eigenvalue weighted by atomic mass is 9.97. The molecule has 0 spiro atoms. The monoisotopic (exact) mass is 483 g/mol. The fraction of sp³-hybridized carbons (Fsp3) is 0.417. The van der Waals surface area contributed by atoms with Crippen molar-refractivity contribution >= 4 is 34.6 Å². The average molecular weight is 484 g/mol. The van der Waals surface area contributed by atoms with Crippen molar-refractivity contribution in [2.24, 2.45) is 5.16 Å². The first-order valence-corrected chi connectivity index (χ1v) is 12.5.